The van der Waals surface area contributed by atoms with E-state index in [4.69, 9.17) is 23.2 Å². The van der Waals surface area contributed by atoms with Gasteiger partial charge in [-0.2, -0.15) is 0 Å². The fraction of sp³-hybridized carbons (Fsp3) is 0. The van der Waals surface area contributed by atoms with E-state index in [0.29, 0.717) is 15.7 Å². The number of halogens is 3. The van der Waals surface area contributed by atoms with Gasteiger partial charge in [-0.1, -0.05) is 35.3 Å². The van der Waals surface area contributed by atoms with Crippen molar-refractivity contribution in [1.82, 2.24) is 0 Å². The second-order valence-corrected chi connectivity index (χ2v) is 5.75. The zero-order valence-electron chi connectivity index (χ0n) is 9.58. The third kappa shape index (κ3) is 4.26. The Morgan fingerprint density at radius 1 is 1.00 bits per heavy atom. The lowest BCUT2D eigenvalue weighted by molar-refractivity contribution is 0.262. The van der Waals surface area contributed by atoms with Crippen LogP contribution in [0, 0.1) is 3.57 Å². The summed E-state index contributed by atoms with van der Waals surface area (Å²) in [5.74, 6) is 0. The van der Waals surface area contributed by atoms with Crippen molar-refractivity contribution in [2.75, 3.05) is 10.6 Å². The van der Waals surface area contributed by atoms with Gasteiger partial charge in [0.1, 0.15) is 0 Å². The average Bonchev–Trinajstić information content (AvgIpc) is 2.30. The minimum absolute atomic E-state index is 0.345. The maximum atomic E-state index is 11.8. The fourth-order valence-electron chi connectivity index (χ4n) is 1.47. The van der Waals surface area contributed by atoms with Gasteiger partial charge in [0.25, 0.3) is 0 Å². The molecule has 2 aromatic carbocycles. The Morgan fingerprint density at radius 3 is 2.26 bits per heavy atom. The molecule has 0 radical (unpaired) electrons. The van der Waals surface area contributed by atoms with Gasteiger partial charge < -0.3 is 10.6 Å². The van der Waals surface area contributed by atoms with Crippen molar-refractivity contribution < 1.29 is 4.79 Å². The topological polar surface area (TPSA) is 41.1 Å². The van der Waals surface area contributed by atoms with Gasteiger partial charge in [-0.3, -0.25) is 0 Å². The average molecular weight is 407 g/mol. The molecule has 0 atom stereocenters. The molecule has 0 aliphatic carbocycles. The lowest BCUT2D eigenvalue weighted by atomic mass is 10.3. The molecule has 0 spiro atoms. The Balaban J connectivity index is 2.07. The van der Waals surface area contributed by atoms with Gasteiger partial charge in [0.15, 0.2) is 0 Å². The number of hydrogen-bond acceptors (Lipinski definition) is 1. The summed E-state index contributed by atoms with van der Waals surface area (Å²) >= 11 is 13.9. The lowest BCUT2D eigenvalue weighted by Crippen LogP contribution is -2.19. The van der Waals surface area contributed by atoms with Crippen molar-refractivity contribution in [3.05, 3.63) is 56.1 Å². The van der Waals surface area contributed by atoms with Crippen LogP contribution in [0.4, 0.5) is 16.2 Å². The Hall–Kier alpha value is -0.980. The molecule has 0 unspecified atom stereocenters. The SMILES string of the molecule is O=C(Nc1cc(Cl)cc(Cl)c1)Nc1ccccc1I. The van der Waals surface area contributed by atoms with E-state index in [1.165, 1.54) is 0 Å². The van der Waals surface area contributed by atoms with Gasteiger partial charge in [-0.25, -0.2) is 4.79 Å². The molecule has 98 valence electrons. The molecule has 0 aromatic heterocycles. The highest BCUT2D eigenvalue weighted by Crippen LogP contribution is 2.23. The summed E-state index contributed by atoms with van der Waals surface area (Å²) in [4.78, 5) is 11.8. The molecule has 0 heterocycles. The predicted octanol–water partition coefficient (Wildman–Crippen LogP) is 5.24. The van der Waals surface area contributed by atoms with Crippen LogP contribution in [0.25, 0.3) is 0 Å². The van der Waals surface area contributed by atoms with Crippen molar-refractivity contribution in [2.24, 2.45) is 0 Å². The largest absolute Gasteiger partial charge is 0.323 e. The molecule has 3 nitrogen and oxygen atoms in total. The van der Waals surface area contributed by atoms with Crippen LogP contribution in [-0.2, 0) is 0 Å². The molecular formula is C13H9Cl2IN2O. The molecule has 2 amide bonds. The van der Waals surface area contributed by atoms with E-state index < -0.39 is 0 Å². The van der Waals surface area contributed by atoms with E-state index in [0.717, 1.165) is 9.26 Å². The number of carbonyl (C=O) groups is 1. The lowest BCUT2D eigenvalue weighted by Gasteiger charge is -2.09. The Kier molecular flexibility index (Phi) is 4.90. The fourth-order valence-corrected chi connectivity index (χ4v) is 2.52. The highest BCUT2D eigenvalue weighted by atomic mass is 127. The summed E-state index contributed by atoms with van der Waals surface area (Å²) < 4.78 is 0.958. The number of anilines is 2. The zero-order chi connectivity index (χ0) is 13.8. The van der Waals surface area contributed by atoms with Gasteiger partial charge in [0.2, 0.25) is 0 Å². The van der Waals surface area contributed by atoms with Crippen LogP contribution in [0.1, 0.15) is 0 Å². The molecule has 0 saturated carbocycles. The van der Waals surface area contributed by atoms with Gasteiger partial charge in [-0.15, -0.1) is 0 Å². The first kappa shape index (κ1) is 14.4. The van der Waals surface area contributed by atoms with Gasteiger partial charge >= 0.3 is 6.03 Å². The smallest absolute Gasteiger partial charge is 0.308 e. The van der Waals surface area contributed by atoms with Gasteiger partial charge in [0.05, 0.1) is 5.69 Å². The molecule has 19 heavy (non-hydrogen) atoms. The van der Waals surface area contributed by atoms with E-state index in [2.05, 4.69) is 33.2 Å². The Morgan fingerprint density at radius 2 is 1.63 bits per heavy atom. The van der Waals surface area contributed by atoms with Crippen LogP contribution in [0.3, 0.4) is 0 Å². The Bertz CT molecular complexity index is 599. The first-order valence-electron chi connectivity index (χ1n) is 5.33. The van der Waals surface area contributed by atoms with Crippen molar-refractivity contribution >= 4 is 63.2 Å². The first-order chi connectivity index (χ1) is 9.04. The number of nitrogens with one attached hydrogen (secondary N) is 2. The van der Waals surface area contributed by atoms with Crippen LogP contribution in [0.2, 0.25) is 10.0 Å². The molecule has 2 rings (SSSR count). The molecule has 0 aliphatic rings. The summed E-state index contributed by atoms with van der Waals surface area (Å²) in [5, 5.41) is 6.37. The van der Waals surface area contributed by atoms with Gasteiger partial charge in [0, 0.05) is 19.3 Å². The van der Waals surface area contributed by atoms with Crippen LogP contribution in [0.15, 0.2) is 42.5 Å². The first-order valence-corrected chi connectivity index (χ1v) is 7.17. The quantitative estimate of drug-likeness (QED) is 0.657. The molecule has 0 bridgehead atoms. The second-order valence-electron chi connectivity index (χ2n) is 3.72. The maximum absolute atomic E-state index is 11.8. The number of amides is 2. The van der Waals surface area contributed by atoms with Crippen molar-refractivity contribution in [2.45, 2.75) is 0 Å². The number of rotatable bonds is 2. The minimum Gasteiger partial charge on any atom is -0.308 e. The summed E-state index contributed by atoms with van der Waals surface area (Å²) in [5.41, 5.74) is 1.29. The van der Waals surface area contributed by atoms with E-state index in [9.17, 15) is 4.79 Å². The third-order valence-electron chi connectivity index (χ3n) is 2.24. The normalized spacial score (nSPS) is 10.1. The standard InChI is InChI=1S/C13H9Cl2IN2O/c14-8-5-9(15)7-10(6-8)17-13(19)18-12-4-2-1-3-11(12)16/h1-7H,(H2,17,18,19). The maximum Gasteiger partial charge on any atom is 0.323 e. The van der Waals surface area contributed by atoms with Gasteiger partial charge in [-0.05, 0) is 52.9 Å². The molecule has 6 heteroatoms. The molecule has 2 aromatic rings. The third-order valence-corrected chi connectivity index (χ3v) is 3.62. The van der Waals surface area contributed by atoms with Crippen molar-refractivity contribution in [1.29, 1.82) is 0 Å². The molecule has 2 N–H and O–H groups in total. The highest BCUT2D eigenvalue weighted by molar-refractivity contribution is 14.1. The van der Waals surface area contributed by atoms with Crippen LogP contribution >= 0.6 is 45.8 Å². The van der Waals surface area contributed by atoms with E-state index >= 15 is 0 Å². The molecular weight excluding hydrogens is 398 g/mol. The van der Waals surface area contributed by atoms with Crippen LogP contribution in [0.5, 0.6) is 0 Å². The minimum atomic E-state index is -0.345. The van der Waals surface area contributed by atoms with Crippen LogP contribution in [-0.4, -0.2) is 6.03 Å². The second kappa shape index (κ2) is 6.45. The number of benzene rings is 2. The monoisotopic (exact) mass is 406 g/mol. The summed E-state index contributed by atoms with van der Waals surface area (Å²) in [7, 11) is 0. The predicted molar refractivity (Wildman–Crippen MR) is 88.3 cm³/mol. The molecule has 0 saturated heterocycles. The van der Waals surface area contributed by atoms with E-state index in [-0.39, 0.29) is 6.03 Å². The highest BCUT2D eigenvalue weighted by Gasteiger charge is 2.06. The number of hydrogen-bond donors (Lipinski definition) is 2. The summed E-state index contributed by atoms with van der Waals surface area (Å²) in [6.07, 6.45) is 0. The Labute approximate surface area is 134 Å². The summed E-state index contributed by atoms with van der Waals surface area (Å²) in [6, 6.07) is 12.0. The summed E-state index contributed by atoms with van der Waals surface area (Å²) in [6.45, 7) is 0. The van der Waals surface area contributed by atoms with E-state index in [1.54, 1.807) is 18.2 Å². The number of para-hydroxylation sites is 1. The number of urea groups is 1. The molecule has 0 aliphatic heterocycles. The van der Waals surface area contributed by atoms with Crippen molar-refractivity contribution in [3.63, 3.8) is 0 Å². The molecule has 0 fully saturated rings. The van der Waals surface area contributed by atoms with Crippen LogP contribution < -0.4 is 10.6 Å². The number of carbonyl (C=O) groups excluding carboxylic acids is 1. The van der Waals surface area contributed by atoms with E-state index in [1.807, 2.05) is 24.3 Å². The zero-order valence-corrected chi connectivity index (χ0v) is 13.3. The van der Waals surface area contributed by atoms with Crippen molar-refractivity contribution in [3.8, 4) is 0 Å².